The van der Waals surface area contributed by atoms with Crippen molar-refractivity contribution in [3.05, 3.63) is 65.2 Å². The molecule has 5 nitrogen and oxygen atoms in total. The second-order valence-corrected chi connectivity index (χ2v) is 8.22. The maximum absolute atomic E-state index is 13.1. The Balaban J connectivity index is 1.72. The van der Waals surface area contributed by atoms with E-state index in [1.54, 1.807) is 11.8 Å². The summed E-state index contributed by atoms with van der Waals surface area (Å²) >= 11 is 0. The third-order valence-electron chi connectivity index (χ3n) is 5.82. The van der Waals surface area contributed by atoms with Crippen LogP contribution < -0.4 is 10.1 Å². The zero-order valence-corrected chi connectivity index (χ0v) is 18.2. The summed E-state index contributed by atoms with van der Waals surface area (Å²) in [4.78, 5) is 27.6. The zero-order valence-electron chi connectivity index (χ0n) is 18.2. The van der Waals surface area contributed by atoms with E-state index in [-0.39, 0.29) is 24.5 Å². The zero-order chi connectivity index (χ0) is 21.5. The molecule has 160 valence electrons. The predicted molar refractivity (Wildman–Crippen MR) is 118 cm³/mol. The number of ether oxygens (including phenoxy) is 1. The lowest BCUT2D eigenvalue weighted by Gasteiger charge is -2.30. The van der Waals surface area contributed by atoms with Gasteiger partial charge in [-0.3, -0.25) is 9.59 Å². The van der Waals surface area contributed by atoms with Crippen LogP contribution in [0.15, 0.2) is 48.5 Å². The van der Waals surface area contributed by atoms with Crippen LogP contribution in [0, 0.1) is 13.8 Å². The second kappa shape index (κ2) is 10.3. The monoisotopic (exact) mass is 408 g/mol. The molecular weight excluding hydrogens is 376 g/mol. The highest BCUT2D eigenvalue weighted by molar-refractivity contribution is 5.88. The Morgan fingerprint density at radius 1 is 1.10 bits per heavy atom. The number of nitrogens with one attached hydrogen (secondary N) is 1. The summed E-state index contributed by atoms with van der Waals surface area (Å²) in [6, 6.07) is 15.2. The van der Waals surface area contributed by atoms with Gasteiger partial charge in [-0.15, -0.1) is 0 Å². The van der Waals surface area contributed by atoms with Crippen molar-refractivity contribution in [1.82, 2.24) is 10.2 Å². The molecule has 1 fully saturated rings. The number of hydrogen-bond acceptors (Lipinski definition) is 3. The molecule has 0 bridgehead atoms. The SMILES string of the molecule is Cc1cccc(OCC(=O)N(Cc2ccccc2C)C(C)C(=O)NC2CCCC2)c1. The highest BCUT2D eigenvalue weighted by atomic mass is 16.5. The highest BCUT2D eigenvalue weighted by Gasteiger charge is 2.29. The number of carbonyl (C=O) groups is 2. The Hall–Kier alpha value is -2.82. The molecule has 2 aromatic rings. The van der Waals surface area contributed by atoms with E-state index in [0.29, 0.717) is 12.3 Å². The van der Waals surface area contributed by atoms with Gasteiger partial charge in [-0.25, -0.2) is 0 Å². The first-order valence-corrected chi connectivity index (χ1v) is 10.8. The summed E-state index contributed by atoms with van der Waals surface area (Å²) < 4.78 is 5.74. The van der Waals surface area contributed by atoms with Gasteiger partial charge >= 0.3 is 0 Å². The van der Waals surface area contributed by atoms with Gasteiger partial charge in [-0.1, -0.05) is 49.2 Å². The third-order valence-corrected chi connectivity index (χ3v) is 5.82. The Morgan fingerprint density at radius 2 is 1.83 bits per heavy atom. The van der Waals surface area contributed by atoms with E-state index >= 15 is 0 Å². The summed E-state index contributed by atoms with van der Waals surface area (Å²) in [6.07, 6.45) is 4.33. The van der Waals surface area contributed by atoms with Crippen LogP contribution >= 0.6 is 0 Å². The highest BCUT2D eigenvalue weighted by Crippen LogP contribution is 2.19. The minimum Gasteiger partial charge on any atom is -0.484 e. The maximum Gasteiger partial charge on any atom is 0.261 e. The Kier molecular flexibility index (Phi) is 7.50. The van der Waals surface area contributed by atoms with Crippen LogP contribution in [0.2, 0.25) is 0 Å². The topological polar surface area (TPSA) is 58.6 Å². The molecule has 5 heteroatoms. The first kappa shape index (κ1) is 21.9. The fraction of sp³-hybridized carbons (Fsp3) is 0.440. The van der Waals surface area contributed by atoms with E-state index in [9.17, 15) is 9.59 Å². The van der Waals surface area contributed by atoms with Crippen molar-refractivity contribution in [3.8, 4) is 5.75 Å². The number of nitrogens with zero attached hydrogens (tertiary/aromatic N) is 1. The van der Waals surface area contributed by atoms with Crippen molar-refractivity contribution < 1.29 is 14.3 Å². The van der Waals surface area contributed by atoms with Gasteiger partial charge in [-0.05, 0) is 62.4 Å². The molecule has 1 unspecified atom stereocenters. The molecule has 0 spiro atoms. The molecule has 1 atom stereocenters. The van der Waals surface area contributed by atoms with Gasteiger partial charge in [0, 0.05) is 12.6 Å². The summed E-state index contributed by atoms with van der Waals surface area (Å²) in [5.41, 5.74) is 3.20. The number of benzene rings is 2. The van der Waals surface area contributed by atoms with Crippen molar-refractivity contribution in [2.75, 3.05) is 6.61 Å². The molecule has 0 saturated heterocycles. The number of hydrogen-bond donors (Lipinski definition) is 1. The molecule has 0 radical (unpaired) electrons. The molecule has 0 heterocycles. The van der Waals surface area contributed by atoms with Crippen LogP contribution in [-0.2, 0) is 16.1 Å². The van der Waals surface area contributed by atoms with E-state index in [0.717, 1.165) is 42.4 Å². The molecule has 30 heavy (non-hydrogen) atoms. The molecule has 0 aliphatic heterocycles. The van der Waals surface area contributed by atoms with E-state index in [2.05, 4.69) is 5.32 Å². The molecule has 0 aromatic heterocycles. The van der Waals surface area contributed by atoms with Gasteiger partial charge < -0.3 is 15.0 Å². The van der Waals surface area contributed by atoms with Gasteiger partial charge in [0.25, 0.3) is 5.91 Å². The minimum atomic E-state index is -0.571. The number of aryl methyl sites for hydroxylation is 2. The molecule has 2 aromatic carbocycles. The van der Waals surface area contributed by atoms with Gasteiger partial charge in [-0.2, -0.15) is 0 Å². The van der Waals surface area contributed by atoms with Crippen LogP contribution in [0.4, 0.5) is 0 Å². The molecule has 2 amide bonds. The van der Waals surface area contributed by atoms with Gasteiger partial charge in [0.05, 0.1) is 0 Å². The standard InChI is InChI=1S/C25H32N2O3/c1-18-9-8-14-23(15-18)30-17-24(28)27(16-21-11-5-4-10-19(21)2)20(3)25(29)26-22-12-6-7-13-22/h4-5,8-11,14-15,20,22H,6-7,12-13,16-17H2,1-3H3,(H,26,29). The van der Waals surface area contributed by atoms with Gasteiger partial charge in [0.1, 0.15) is 11.8 Å². The van der Waals surface area contributed by atoms with Crippen LogP contribution in [0.3, 0.4) is 0 Å². The van der Waals surface area contributed by atoms with Crippen molar-refractivity contribution >= 4 is 11.8 Å². The summed E-state index contributed by atoms with van der Waals surface area (Å²) in [5, 5.41) is 3.12. The van der Waals surface area contributed by atoms with Crippen molar-refractivity contribution in [3.63, 3.8) is 0 Å². The van der Waals surface area contributed by atoms with Crippen molar-refractivity contribution in [1.29, 1.82) is 0 Å². The van der Waals surface area contributed by atoms with Gasteiger partial charge in [0.2, 0.25) is 5.91 Å². The van der Waals surface area contributed by atoms with E-state index in [1.807, 2.05) is 62.4 Å². The maximum atomic E-state index is 13.1. The number of carbonyl (C=O) groups excluding carboxylic acids is 2. The van der Waals surface area contributed by atoms with Crippen LogP contribution in [0.5, 0.6) is 5.75 Å². The molecule has 1 aliphatic carbocycles. The number of amides is 2. The largest absolute Gasteiger partial charge is 0.484 e. The summed E-state index contributed by atoms with van der Waals surface area (Å²) in [5.74, 6) is 0.357. The van der Waals surface area contributed by atoms with Crippen molar-refractivity contribution in [2.24, 2.45) is 0 Å². The quantitative estimate of drug-likeness (QED) is 0.714. The number of rotatable bonds is 8. The smallest absolute Gasteiger partial charge is 0.261 e. The normalized spacial score (nSPS) is 14.9. The van der Waals surface area contributed by atoms with Gasteiger partial charge in [0.15, 0.2) is 6.61 Å². The molecule has 1 aliphatic rings. The molecule has 1 N–H and O–H groups in total. The lowest BCUT2D eigenvalue weighted by molar-refractivity contribution is -0.142. The Morgan fingerprint density at radius 3 is 2.53 bits per heavy atom. The van der Waals surface area contributed by atoms with E-state index in [4.69, 9.17) is 4.74 Å². The second-order valence-electron chi connectivity index (χ2n) is 8.22. The fourth-order valence-electron chi connectivity index (χ4n) is 3.88. The third kappa shape index (κ3) is 5.85. The lowest BCUT2D eigenvalue weighted by Crippen LogP contribution is -2.50. The summed E-state index contributed by atoms with van der Waals surface area (Å²) in [6.45, 7) is 6.07. The fourth-order valence-corrected chi connectivity index (χ4v) is 3.88. The van der Waals surface area contributed by atoms with Crippen LogP contribution in [0.1, 0.15) is 49.3 Å². The summed E-state index contributed by atoms with van der Waals surface area (Å²) in [7, 11) is 0. The predicted octanol–water partition coefficient (Wildman–Crippen LogP) is 4.16. The molecule has 1 saturated carbocycles. The molecule has 3 rings (SSSR count). The van der Waals surface area contributed by atoms with Crippen LogP contribution in [0.25, 0.3) is 0 Å². The lowest BCUT2D eigenvalue weighted by atomic mass is 10.1. The first-order chi connectivity index (χ1) is 14.4. The van der Waals surface area contributed by atoms with Crippen LogP contribution in [-0.4, -0.2) is 35.4 Å². The average Bonchev–Trinajstić information content (AvgIpc) is 3.24. The minimum absolute atomic E-state index is 0.0978. The van der Waals surface area contributed by atoms with E-state index < -0.39 is 6.04 Å². The van der Waals surface area contributed by atoms with Crippen molar-refractivity contribution in [2.45, 2.75) is 65.1 Å². The molecular formula is C25H32N2O3. The average molecular weight is 409 g/mol. The Bertz CT molecular complexity index is 874. The Labute approximate surface area is 179 Å². The van der Waals surface area contributed by atoms with E-state index in [1.165, 1.54) is 0 Å². The first-order valence-electron chi connectivity index (χ1n) is 10.8.